The van der Waals surface area contributed by atoms with Crippen molar-refractivity contribution in [1.29, 1.82) is 0 Å². The predicted molar refractivity (Wildman–Crippen MR) is 79.6 cm³/mol. The first-order chi connectivity index (χ1) is 9.69. The van der Waals surface area contributed by atoms with E-state index in [1.54, 1.807) is 24.3 Å². The highest BCUT2D eigenvalue weighted by atomic mass is 35.5. The van der Waals surface area contributed by atoms with Crippen LogP contribution in [0.25, 0.3) is 0 Å². The van der Waals surface area contributed by atoms with Gasteiger partial charge in [-0.3, -0.25) is 0 Å². The smallest absolute Gasteiger partial charge is 0.150 e. The molecule has 2 aromatic rings. The van der Waals surface area contributed by atoms with E-state index < -0.39 is 6.10 Å². The van der Waals surface area contributed by atoms with Gasteiger partial charge in [-0.1, -0.05) is 23.7 Å². The van der Waals surface area contributed by atoms with Crippen LogP contribution in [0.1, 0.15) is 0 Å². The molecule has 0 amide bonds. The van der Waals surface area contributed by atoms with Crippen molar-refractivity contribution in [1.82, 2.24) is 0 Å². The van der Waals surface area contributed by atoms with Crippen LogP contribution in [0.4, 0.5) is 5.69 Å². The predicted octanol–water partition coefficient (Wildman–Crippen LogP) is 2.90. The van der Waals surface area contributed by atoms with Gasteiger partial charge in [-0.25, -0.2) is 0 Å². The highest BCUT2D eigenvalue weighted by Gasteiger charge is 2.06. The zero-order valence-electron chi connectivity index (χ0n) is 10.8. The van der Waals surface area contributed by atoms with E-state index in [0.717, 1.165) is 5.69 Å². The molecule has 0 aliphatic carbocycles. The van der Waals surface area contributed by atoms with Gasteiger partial charge in [0.2, 0.25) is 0 Å². The standard InChI is InChI=1S/C15H16ClNO3/c16-11-5-7-13(8-6-11)20-15-4-2-1-3-14(15)17-9-12(19)10-18/h1-8,12,17-19H,9-10H2. The molecule has 0 aliphatic heterocycles. The number of aliphatic hydroxyl groups is 2. The Morgan fingerprint density at radius 3 is 2.50 bits per heavy atom. The van der Waals surface area contributed by atoms with Crippen molar-refractivity contribution < 1.29 is 14.9 Å². The molecule has 2 rings (SSSR count). The molecule has 0 radical (unpaired) electrons. The van der Waals surface area contributed by atoms with E-state index in [1.807, 2.05) is 24.3 Å². The minimum Gasteiger partial charge on any atom is -0.455 e. The second-order valence-electron chi connectivity index (χ2n) is 4.27. The van der Waals surface area contributed by atoms with E-state index in [2.05, 4.69) is 5.32 Å². The topological polar surface area (TPSA) is 61.7 Å². The summed E-state index contributed by atoms with van der Waals surface area (Å²) in [5.41, 5.74) is 0.745. The summed E-state index contributed by atoms with van der Waals surface area (Å²) in [5, 5.41) is 21.9. The number of nitrogens with one attached hydrogen (secondary N) is 1. The van der Waals surface area contributed by atoms with Crippen LogP contribution in [0.5, 0.6) is 11.5 Å². The Morgan fingerprint density at radius 2 is 1.80 bits per heavy atom. The second kappa shape index (κ2) is 7.14. The van der Waals surface area contributed by atoms with Gasteiger partial charge >= 0.3 is 0 Å². The number of para-hydroxylation sites is 2. The first kappa shape index (κ1) is 14.7. The van der Waals surface area contributed by atoms with Gasteiger partial charge < -0.3 is 20.3 Å². The summed E-state index contributed by atoms with van der Waals surface area (Å²) in [6, 6.07) is 14.5. The van der Waals surface area contributed by atoms with Crippen molar-refractivity contribution in [3.63, 3.8) is 0 Å². The molecule has 0 spiro atoms. The van der Waals surface area contributed by atoms with Crippen molar-refractivity contribution >= 4 is 17.3 Å². The van der Waals surface area contributed by atoms with Gasteiger partial charge in [0.05, 0.1) is 18.4 Å². The molecule has 0 saturated heterocycles. The molecule has 106 valence electrons. The molecule has 1 atom stereocenters. The van der Waals surface area contributed by atoms with Crippen LogP contribution in [-0.2, 0) is 0 Å². The molecule has 20 heavy (non-hydrogen) atoms. The SMILES string of the molecule is OCC(O)CNc1ccccc1Oc1ccc(Cl)cc1. The molecule has 0 fully saturated rings. The Morgan fingerprint density at radius 1 is 1.10 bits per heavy atom. The lowest BCUT2D eigenvalue weighted by molar-refractivity contribution is 0.105. The number of halogens is 1. The zero-order valence-corrected chi connectivity index (χ0v) is 11.5. The number of rotatable bonds is 6. The Hall–Kier alpha value is -1.75. The number of benzene rings is 2. The maximum atomic E-state index is 9.36. The van der Waals surface area contributed by atoms with Crippen LogP contribution in [0.2, 0.25) is 5.02 Å². The molecule has 0 heterocycles. The van der Waals surface area contributed by atoms with E-state index in [9.17, 15) is 5.11 Å². The average Bonchev–Trinajstić information content (AvgIpc) is 2.48. The van der Waals surface area contributed by atoms with E-state index in [0.29, 0.717) is 16.5 Å². The largest absolute Gasteiger partial charge is 0.455 e. The monoisotopic (exact) mass is 293 g/mol. The number of ether oxygens (including phenoxy) is 1. The number of anilines is 1. The third kappa shape index (κ3) is 4.13. The highest BCUT2D eigenvalue weighted by molar-refractivity contribution is 6.30. The van der Waals surface area contributed by atoms with E-state index >= 15 is 0 Å². The van der Waals surface area contributed by atoms with Gasteiger partial charge in [-0.2, -0.15) is 0 Å². The van der Waals surface area contributed by atoms with Crippen LogP contribution in [-0.4, -0.2) is 29.5 Å². The fourth-order valence-corrected chi connectivity index (χ4v) is 1.75. The lowest BCUT2D eigenvalue weighted by Crippen LogP contribution is -2.23. The quantitative estimate of drug-likeness (QED) is 0.766. The number of hydrogen-bond donors (Lipinski definition) is 3. The summed E-state index contributed by atoms with van der Waals surface area (Å²) in [5.74, 6) is 1.31. The molecule has 2 aromatic carbocycles. The summed E-state index contributed by atoms with van der Waals surface area (Å²) >= 11 is 5.83. The van der Waals surface area contributed by atoms with Crippen molar-refractivity contribution in [2.45, 2.75) is 6.10 Å². The Balaban J connectivity index is 2.09. The third-order valence-electron chi connectivity index (χ3n) is 2.67. The first-order valence-electron chi connectivity index (χ1n) is 6.24. The van der Waals surface area contributed by atoms with E-state index in [1.165, 1.54) is 0 Å². The lowest BCUT2D eigenvalue weighted by atomic mass is 10.2. The summed E-state index contributed by atoms with van der Waals surface area (Å²) in [6.45, 7) is -0.0370. The van der Waals surface area contributed by atoms with Gasteiger partial charge in [0, 0.05) is 11.6 Å². The molecule has 0 aromatic heterocycles. The maximum absolute atomic E-state index is 9.36. The lowest BCUT2D eigenvalue weighted by Gasteiger charge is -2.14. The second-order valence-corrected chi connectivity index (χ2v) is 4.71. The zero-order chi connectivity index (χ0) is 14.4. The molecular weight excluding hydrogens is 278 g/mol. The Labute approximate surface area is 122 Å². The summed E-state index contributed by atoms with van der Waals surface area (Å²) in [6.07, 6.45) is -0.807. The van der Waals surface area contributed by atoms with Crippen molar-refractivity contribution in [2.24, 2.45) is 0 Å². The molecule has 5 heteroatoms. The molecule has 0 saturated carbocycles. The van der Waals surface area contributed by atoms with Gasteiger partial charge in [0.1, 0.15) is 5.75 Å². The van der Waals surface area contributed by atoms with E-state index in [4.69, 9.17) is 21.4 Å². The van der Waals surface area contributed by atoms with Gasteiger partial charge in [0.15, 0.2) is 5.75 Å². The minimum atomic E-state index is -0.807. The normalized spacial score (nSPS) is 11.9. The Bertz CT molecular complexity index is 545. The van der Waals surface area contributed by atoms with Gasteiger partial charge in [-0.05, 0) is 36.4 Å². The number of hydrogen-bond acceptors (Lipinski definition) is 4. The Kier molecular flexibility index (Phi) is 5.24. The van der Waals surface area contributed by atoms with Crippen molar-refractivity contribution in [2.75, 3.05) is 18.5 Å². The highest BCUT2D eigenvalue weighted by Crippen LogP contribution is 2.29. The van der Waals surface area contributed by atoms with Crippen LogP contribution in [0.3, 0.4) is 0 Å². The van der Waals surface area contributed by atoms with Crippen LogP contribution >= 0.6 is 11.6 Å². The van der Waals surface area contributed by atoms with E-state index in [-0.39, 0.29) is 13.2 Å². The fourth-order valence-electron chi connectivity index (χ4n) is 1.62. The van der Waals surface area contributed by atoms with Crippen LogP contribution in [0, 0.1) is 0 Å². The first-order valence-corrected chi connectivity index (χ1v) is 6.62. The van der Waals surface area contributed by atoms with Crippen LogP contribution in [0.15, 0.2) is 48.5 Å². The third-order valence-corrected chi connectivity index (χ3v) is 2.92. The summed E-state index contributed by atoms with van der Waals surface area (Å²) < 4.78 is 5.77. The molecular formula is C15H16ClNO3. The van der Waals surface area contributed by atoms with Crippen molar-refractivity contribution in [3.05, 3.63) is 53.6 Å². The molecule has 0 aliphatic rings. The molecule has 3 N–H and O–H groups in total. The molecule has 1 unspecified atom stereocenters. The van der Waals surface area contributed by atoms with Gasteiger partial charge in [-0.15, -0.1) is 0 Å². The summed E-state index contributed by atoms with van der Waals surface area (Å²) in [4.78, 5) is 0. The minimum absolute atomic E-state index is 0.248. The maximum Gasteiger partial charge on any atom is 0.150 e. The average molecular weight is 294 g/mol. The fraction of sp³-hybridized carbons (Fsp3) is 0.200. The molecule has 0 bridgehead atoms. The van der Waals surface area contributed by atoms with Crippen molar-refractivity contribution in [3.8, 4) is 11.5 Å². The van der Waals surface area contributed by atoms with Crippen LogP contribution < -0.4 is 10.1 Å². The number of aliphatic hydroxyl groups excluding tert-OH is 2. The summed E-state index contributed by atoms with van der Waals surface area (Å²) in [7, 11) is 0. The molecule has 4 nitrogen and oxygen atoms in total. The van der Waals surface area contributed by atoms with Gasteiger partial charge in [0.25, 0.3) is 0 Å².